The minimum atomic E-state index is -3.79. The summed E-state index contributed by atoms with van der Waals surface area (Å²) in [6, 6.07) is 16.5. The van der Waals surface area contributed by atoms with Crippen molar-refractivity contribution in [3.05, 3.63) is 84.2 Å². The second-order valence-electron chi connectivity index (χ2n) is 6.03. The van der Waals surface area contributed by atoms with E-state index in [1.807, 2.05) is 19.1 Å². The molecule has 0 aliphatic carbocycles. The van der Waals surface area contributed by atoms with Gasteiger partial charge in [-0.1, -0.05) is 23.8 Å². The van der Waals surface area contributed by atoms with Crippen LogP contribution in [0.5, 0.6) is 0 Å². The molecule has 138 valence electrons. The van der Waals surface area contributed by atoms with Crippen LogP contribution in [-0.2, 0) is 10.0 Å². The number of nitrogens with one attached hydrogen (secondary N) is 1. The third kappa shape index (κ3) is 4.15. The van der Waals surface area contributed by atoms with E-state index in [-0.39, 0.29) is 10.5 Å². The topological polar surface area (TPSA) is 79.4 Å². The van der Waals surface area contributed by atoms with Crippen LogP contribution in [0.25, 0.3) is 0 Å². The lowest BCUT2D eigenvalue weighted by Gasteiger charge is -2.20. The molecule has 2 aromatic carbocycles. The Morgan fingerprint density at radius 1 is 1.00 bits per heavy atom. The van der Waals surface area contributed by atoms with Crippen molar-refractivity contribution in [1.82, 2.24) is 4.98 Å². The Morgan fingerprint density at radius 2 is 1.67 bits per heavy atom. The summed E-state index contributed by atoms with van der Waals surface area (Å²) in [7, 11) is -2.30. The van der Waals surface area contributed by atoms with Crippen molar-refractivity contribution in [3.63, 3.8) is 0 Å². The highest BCUT2D eigenvalue weighted by Gasteiger charge is 2.22. The minimum absolute atomic E-state index is 0.0490. The maximum Gasteiger partial charge on any atom is 0.264 e. The van der Waals surface area contributed by atoms with Crippen LogP contribution in [0.3, 0.4) is 0 Å². The van der Waals surface area contributed by atoms with Crippen molar-refractivity contribution in [2.45, 2.75) is 11.8 Å². The van der Waals surface area contributed by atoms with E-state index in [9.17, 15) is 13.2 Å². The average molecular weight is 381 g/mol. The summed E-state index contributed by atoms with van der Waals surface area (Å²) in [6.07, 6.45) is 3.13. The lowest BCUT2D eigenvalue weighted by atomic mass is 10.2. The molecule has 6 nitrogen and oxygen atoms in total. The van der Waals surface area contributed by atoms with Crippen molar-refractivity contribution < 1.29 is 13.2 Å². The molecule has 0 radical (unpaired) electrons. The molecule has 0 unspecified atom stereocenters. The lowest BCUT2D eigenvalue weighted by Crippen LogP contribution is -2.26. The van der Waals surface area contributed by atoms with Crippen LogP contribution in [0.4, 0.5) is 11.4 Å². The third-order valence-corrected chi connectivity index (χ3v) is 5.87. The van der Waals surface area contributed by atoms with Crippen LogP contribution in [0.15, 0.2) is 78.0 Å². The number of nitrogens with zero attached hydrogens (tertiary/aromatic N) is 2. The van der Waals surface area contributed by atoms with Crippen molar-refractivity contribution in [3.8, 4) is 0 Å². The standard InChI is InChI=1S/C20H19N3O3S/c1-15-6-8-18(9-7-15)23(2)27(25,26)19-5-3-4-16(14-19)20(24)22-17-10-12-21-13-11-17/h3-14H,1-2H3,(H,21,22,24). The van der Waals surface area contributed by atoms with E-state index in [0.717, 1.165) is 5.56 Å². The van der Waals surface area contributed by atoms with Gasteiger partial charge in [-0.25, -0.2) is 8.42 Å². The van der Waals surface area contributed by atoms with Gasteiger partial charge in [-0.3, -0.25) is 14.1 Å². The summed E-state index contributed by atoms with van der Waals surface area (Å²) in [6.45, 7) is 1.93. The SMILES string of the molecule is Cc1ccc(N(C)S(=O)(=O)c2cccc(C(=O)Nc3ccncc3)c2)cc1. The predicted molar refractivity (Wildman–Crippen MR) is 105 cm³/mol. The van der Waals surface area contributed by atoms with Crippen molar-refractivity contribution in [2.75, 3.05) is 16.7 Å². The molecule has 0 aliphatic heterocycles. The molecule has 3 aromatic rings. The van der Waals surface area contributed by atoms with Gasteiger partial charge in [0.05, 0.1) is 10.6 Å². The molecule has 7 heteroatoms. The van der Waals surface area contributed by atoms with Crippen LogP contribution in [0, 0.1) is 6.92 Å². The Kier molecular flexibility index (Phi) is 5.23. The molecule has 0 aliphatic rings. The molecule has 0 spiro atoms. The van der Waals surface area contributed by atoms with Crippen LogP contribution in [-0.4, -0.2) is 26.4 Å². The number of benzene rings is 2. The fourth-order valence-corrected chi connectivity index (χ4v) is 3.73. The third-order valence-electron chi connectivity index (χ3n) is 4.09. The average Bonchev–Trinajstić information content (AvgIpc) is 2.69. The second kappa shape index (κ2) is 7.59. The first kappa shape index (κ1) is 18.6. The zero-order valence-electron chi connectivity index (χ0n) is 15.0. The van der Waals surface area contributed by atoms with Gasteiger partial charge < -0.3 is 5.32 Å². The molecule has 0 bridgehead atoms. The fourth-order valence-electron chi connectivity index (χ4n) is 2.49. The molecule has 1 aromatic heterocycles. The number of hydrogen-bond acceptors (Lipinski definition) is 4. The number of pyridine rings is 1. The largest absolute Gasteiger partial charge is 0.322 e. The highest BCUT2D eigenvalue weighted by Crippen LogP contribution is 2.23. The number of anilines is 2. The van der Waals surface area contributed by atoms with Gasteiger partial charge in [0.25, 0.3) is 15.9 Å². The monoisotopic (exact) mass is 381 g/mol. The number of aromatic nitrogens is 1. The Labute approximate surface area is 158 Å². The second-order valence-corrected chi connectivity index (χ2v) is 8.00. The Hall–Kier alpha value is -3.19. The number of sulfonamides is 1. The Bertz CT molecular complexity index is 1050. The van der Waals surface area contributed by atoms with Crippen LogP contribution in [0.1, 0.15) is 15.9 Å². The molecular weight excluding hydrogens is 362 g/mol. The van der Waals surface area contributed by atoms with E-state index in [2.05, 4.69) is 10.3 Å². The normalized spacial score (nSPS) is 11.0. The van der Waals surface area contributed by atoms with Crippen LogP contribution < -0.4 is 9.62 Å². The van der Waals surface area contributed by atoms with Gasteiger partial charge in [0.15, 0.2) is 0 Å². The first-order valence-corrected chi connectivity index (χ1v) is 9.69. The zero-order chi connectivity index (χ0) is 19.4. The molecule has 0 fully saturated rings. The number of carbonyl (C=O) groups is 1. The summed E-state index contributed by atoms with van der Waals surface area (Å²) < 4.78 is 27.1. The number of rotatable bonds is 5. The van der Waals surface area contributed by atoms with E-state index in [1.165, 1.54) is 23.5 Å². The fraction of sp³-hybridized carbons (Fsp3) is 0.100. The summed E-state index contributed by atoms with van der Waals surface area (Å²) >= 11 is 0. The van der Waals surface area contributed by atoms with E-state index < -0.39 is 15.9 Å². The van der Waals surface area contributed by atoms with Gasteiger partial charge in [-0.05, 0) is 49.4 Å². The quantitative estimate of drug-likeness (QED) is 0.734. The number of aryl methyl sites for hydroxylation is 1. The first-order valence-electron chi connectivity index (χ1n) is 8.25. The summed E-state index contributed by atoms with van der Waals surface area (Å²) in [5.41, 5.74) is 2.43. The maximum absolute atomic E-state index is 12.9. The number of amides is 1. The van der Waals surface area contributed by atoms with Crippen molar-refractivity contribution >= 4 is 27.3 Å². The van der Waals surface area contributed by atoms with E-state index >= 15 is 0 Å². The first-order chi connectivity index (χ1) is 12.9. The van der Waals surface area contributed by atoms with Gasteiger partial charge in [0.2, 0.25) is 0 Å². The minimum Gasteiger partial charge on any atom is -0.322 e. The van der Waals surface area contributed by atoms with Crippen LogP contribution in [0.2, 0.25) is 0 Å². The highest BCUT2D eigenvalue weighted by atomic mass is 32.2. The van der Waals surface area contributed by atoms with Crippen LogP contribution >= 0.6 is 0 Å². The zero-order valence-corrected chi connectivity index (χ0v) is 15.8. The molecule has 0 saturated heterocycles. The molecular formula is C20H19N3O3S. The van der Waals surface area contributed by atoms with E-state index in [1.54, 1.807) is 48.8 Å². The van der Waals surface area contributed by atoms with Crippen molar-refractivity contribution in [1.29, 1.82) is 0 Å². The summed E-state index contributed by atoms with van der Waals surface area (Å²) in [4.78, 5) is 16.4. The molecule has 1 heterocycles. The van der Waals surface area contributed by atoms with Gasteiger partial charge in [-0.2, -0.15) is 0 Å². The molecule has 0 saturated carbocycles. The Morgan fingerprint density at radius 3 is 2.33 bits per heavy atom. The lowest BCUT2D eigenvalue weighted by molar-refractivity contribution is 0.102. The van der Waals surface area contributed by atoms with Crippen molar-refractivity contribution in [2.24, 2.45) is 0 Å². The summed E-state index contributed by atoms with van der Waals surface area (Å²) in [5, 5.41) is 2.72. The molecule has 27 heavy (non-hydrogen) atoms. The summed E-state index contributed by atoms with van der Waals surface area (Å²) in [5.74, 6) is -0.392. The van der Waals surface area contributed by atoms with Gasteiger partial charge in [0, 0.05) is 30.7 Å². The van der Waals surface area contributed by atoms with Gasteiger partial charge in [-0.15, -0.1) is 0 Å². The number of hydrogen-bond donors (Lipinski definition) is 1. The molecule has 1 N–H and O–H groups in total. The van der Waals surface area contributed by atoms with E-state index in [0.29, 0.717) is 11.4 Å². The van der Waals surface area contributed by atoms with E-state index in [4.69, 9.17) is 0 Å². The smallest absolute Gasteiger partial charge is 0.264 e. The number of carbonyl (C=O) groups excluding carboxylic acids is 1. The molecule has 0 atom stereocenters. The maximum atomic E-state index is 12.9. The van der Waals surface area contributed by atoms with Gasteiger partial charge in [0.1, 0.15) is 0 Å². The Balaban J connectivity index is 1.87. The predicted octanol–water partition coefficient (Wildman–Crippen LogP) is 3.47. The highest BCUT2D eigenvalue weighted by molar-refractivity contribution is 7.92. The van der Waals surface area contributed by atoms with Gasteiger partial charge >= 0.3 is 0 Å². The molecule has 3 rings (SSSR count). The molecule has 1 amide bonds.